The van der Waals surface area contributed by atoms with Crippen molar-refractivity contribution in [2.24, 2.45) is 0 Å². The quantitative estimate of drug-likeness (QED) is 0.343. The van der Waals surface area contributed by atoms with E-state index in [0.717, 1.165) is 28.5 Å². The number of nitrogens with one attached hydrogen (secondary N) is 3. The molecule has 0 aliphatic carbocycles. The van der Waals surface area contributed by atoms with Gasteiger partial charge in [0.2, 0.25) is 0 Å². The van der Waals surface area contributed by atoms with E-state index in [1.807, 2.05) is 55.5 Å². The average Bonchev–Trinajstić information content (AvgIpc) is 3.17. The number of urea groups is 1. The van der Waals surface area contributed by atoms with Crippen molar-refractivity contribution in [2.75, 3.05) is 12.4 Å². The molecule has 1 aliphatic rings. The molecule has 0 fully saturated rings. The molecular weight excluding hydrogens is 436 g/mol. The molecule has 4 rings (SSSR count). The summed E-state index contributed by atoms with van der Waals surface area (Å²) in [5.41, 5.74) is 4.90. The summed E-state index contributed by atoms with van der Waals surface area (Å²) >= 11 is 1.44. The molecule has 170 valence electrons. The van der Waals surface area contributed by atoms with Crippen LogP contribution in [0.4, 0.5) is 4.79 Å². The molecule has 1 atom stereocenters. The van der Waals surface area contributed by atoms with Crippen LogP contribution in [0.15, 0.2) is 77.1 Å². The number of hydrogen-bond acceptors (Lipinski definition) is 5. The van der Waals surface area contributed by atoms with Gasteiger partial charge in [-0.05, 0) is 25.0 Å². The number of rotatable bonds is 8. The van der Waals surface area contributed by atoms with Crippen LogP contribution in [0.3, 0.4) is 0 Å². The number of benzene rings is 2. The normalized spacial score (nSPS) is 15.7. The Balaban J connectivity index is 1.58. The SMILES string of the molecule is CCOC(=O)C1=C(CSc2nc(Cc3ccccc3)c(C)[nH]2)NC(=O)NC1c1ccccc1. The third kappa shape index (κ3) is 5.46. The molecule has 0 saturated carbocycles. The Morgan fingerprint density at radius 3 is 2.48 bits per heavy atom. The predicted molar refractivity (Wildman–Crippen MR) is 128 cm³/mol. The number of hydrogen-bond donors (Lipinski definition) is 3. The number of aryl methyl sites for hydroxylation is 1. The second-order valence-corrected chi connectivity index (χ2v) is 8.58. The first-order valence-corrected chi connectivity index (χ1v) is 11.8. The number of aromatic amines is 1. The van der Waals surface area contributed by atoms with Crippen LogP contribution in [0.1, 0.15) is 35.5 Å². The van der Waals surface area contributed by atoms with E-state index >= 15 is 0 Å². The highest BCUT2D eigenvalue weighted by atomic mass is 32.2. The van der Waals surface area contributed by atoms with E-state index < -0.39 is 12.0 Å². The minimum Gasteiger partial charge on any atom is -0.463 e. The maximum atomic E-state index is 12.9. The van der Waals surface area contributed by atoms with Gasteiger partial charge in [0.15, 0.2) is 5.16 Å². The number of carbonyl (C=O) groups is 2. The van der Waals surface area contributed by atoms with E-state index in [0.29, 0.717) is 17.0 Å². The van der Waals surface area contributed by atoms with Gasteiger partial charge in [0.25, 0.3) is 0 Å². The lowest BCUT2D eigenvalue weighted by atomic mass is 9.95. The predicted octanol–water partition coefficient (Wildman–Crippen LogP) is 4.27. The van der Waals surface area contributed by atoms with Gasteiger partial charge in [-0.3, -0.25) is 0 Å². The summed E-state index contributed by atoms with van der Waals surface area (Å²) in [7, 11) is 0. The molecule has 8 heteroatoms. The largest absolute Gasteiger partial charge is 0.463 e. The van der Waals surface area contributed by atoms with Crippen LogP contribution in [-0.2, 0) is 16.0 Å². The fourth-order valence-corrected chi connectivity index (χ4v) is 4.62. The summed E-state index contributed by atoms with van der Waals surface area (Å²) in [6.45, 7) is 4.01. The zero-order chi connectivity index (χ0) is 23.2. The van der Waals surface area contributed by atoms with Gasteiger partial charge in [-0.15, -0.1) is 0 Å². The molecule has 2 amide bonds. The molecule has 0 saturated heterocycles. The van der Waals surface area contributed by atoms with Crippen LogP contribution in [0, 0.1) is 6.92 Å². The highest BCUT2D eigenvalue weighted by Crippen LogP contribution is 2.30. The van der Waals surface area contributed by atoms with Gasteiger partial charge in [-0.25, -0.2) is 14.6 Å². The Morgan fingerprint density at radius 1 is 1.09 bits per heavy atom. The van der Waals surface area contributed by atoms with E-state index in [4.69, 9.17) is 9.72 Å². The minimum absolute atomic E-state index is 0.248. The first-order valence-electron chi connectivity index (χ1n) is 10.8. The summed E-state index contributed by atoms with van der Waals surface area (Å²) in [5.74, 6) is -0.0855. The molecule has 2 heterocycles. The lowest BCUT2D eigenvalue weighted by Crippen LogP contribution is -2.46. The zero-order valence-electron chi connectivity index (χ0n) is 18.6. The van der Waals surface area contributed by atoms with Crippen LogP contribution in [0.2, 0.25) is 0 Å². The second kappa shape index (κ2) is 10.4. The van der Waals surface area contributed by atoms with E-state index in [1.54, 1.807) is 6.92 Å². The Kier molecular flexibility index (Phi) is 7.14. The van der Waals surface area contributed by atoms with Crippen molar-refractivity contribution in [2.45, 2.75) is 31.5 Å². The van der Waals surface area contributed by atoms with Gasteiger partial charge in [0, 0.05) is 23.6 Å². The molecule has 1 aromatic heterocycles. The molecule has 0 spiro atoms. The van der Waals surface area contributed by atoms with Crippen LogP contribution in [0.25, 0.3) is 0 Å². The summed E-state index contributed by atoms with van der Waals surface area (Å²) in [4.78, 5) is 33.3. The van der Waals surface area contributed by atoms with Gasteiger partial charge < -0.3 is 20.4 Å². The van der Waals surface area contributed by atoms with Crippen LogP contribution >= 0.6 is 11.8 Å². The molecule has 7 nitrogen and oxygen atoms in total. The number of ether oxygens (including phenoxy) is 1. The number of aromatic nitrogens is 2. The molecule has 1 unspecified atom stereocenters. The molecule has 3 N–H and O–H groups in total. The number of thioether (sulfide) groups is 1. The van der Waals surface area contributed by atoms with Crippen molar-refractivity contribution < 1.29 is 14.3 Å². The van der Waals surface area contributed by atoms with Gasteiger partial charge >= 0.3 is 12.0 Å². The van der Waals surface area contributed by atoms with Crippen molar-refractivity contribution in [3.63, 3.8) is 0 Å². The lowest BCUT2D eigenvalue weighted by Gasteiger charge is -2.29. The standard InChI is InChI=1S/C25H26N4O3S/c1-3-32-23(30)21-20(27-24(31)29-22(21)18-12-8-5-9-13-18)15-33-25-26-16(2)19(28-25)14-17-10-6-4-7-11-17/h4-13,22H,3,14-15H2,1-2H3,(H,26,28)(H2,27,29,31). The molecule has 33 heavy (non-hydrogen) atoms. The highest BCUT2D eigenvalue weighted by Gasteiger charge is 2.33. The van der Waals surface area contributed by atoms with Crippen LogP contribution in [0.5, 0.6) is 0 Å². The third-order valence-corrected chi connectivity index (χ3v) is 6.21. The Hall–Kier alpha value is -3.52. The lowest BCUT2D eigenvalue weighted by molar-refractivity contribution is -0.139. The first kappa shape index (κ1) is 22.7. The molecule has 2 aromatic carbocycles. The van der Waals surface area contributed by atoms with Crippen molar-refractivity contribution >= 4 is 23.8 Å². The summed E-state index contributed by atoms with van der Waals surface area (Å²) in [6.07, 6.45) is 0.733. The minimum atomic E-state index is -0.582. The number of H-pyrrole nitrogens is 1. The number of esters is 1. The number of carbonyl (C=O) groups excluding carboxylic acids is 2. The van der Waals surface area contributed by atoms with E-state index in [-0.39, 0.29) is 12.6 Å². The van der Waals surface area contributed by atoms with Gasteiger partial charge in [0.05, 0.1) is 23.9 Å². The van der Waals surface area contributed by atoms with Crippen molar-refractivity contribution in [3.8, 4) is 0 Å². The molecular formula is C25H26N4O3S. The van der Waals surface area contributed by atoms with Crippen LogP contribution < -0.4 is 10.6 Å². The van der Waals surface area contributed by atoms with Crippen molar-refractivity contribution in [1.82, 2.24) is 20.6 Å². The molecule has 0 bridgehead atoms. The monoisotopic (exact) mass is 462 g/mol. The van der Waals surface area contributed by atoms with Gasteiger partial charge in [0.1, 0.15) is 0 Å². The average molecular weight is 463 g/mol. The number of amides is 2. The fraction of sp³-hybridized carbons (Fsp3) is 0.240. The second-order valence-electron chi connectivity index (χ2n) is 7.62. The topological polar surface area (TPSA) is 96.1 Å². The Morgan fingerprint density at radius 2 is 1.79 bits per heavy atom. The summed E-state index contributed by atoms with van der Waals surface area (Å²) < 4.78 is 5.32. The Bertz CT molecular complexity index is 1160. The zero-order valence-corrected chi connectivity index (χ0v) is 19.4. The Labute approximate surface area is 197 Å². The van der Waals surface area contributed by atoms with E-state index in [1.165, 1.54) is 17.3 Å². The molecule has 1 aliphatic heterocycles. The number of nitrogens with zero attached hydrogens (tertiary/aromatic N) is 1. The first-order chi connectivity index (χ1) is 16.0. The fourth-order valence-electron chi connectivity index (χ4n) is 3.71. The van der Waals surface area contributed by atoms with Crippen LogP contribution in [-0.4, -0.2) is 34.3 Å². The molecule has 0 radical (unpaired) electrons. The van der Waals surface area contributed by atoms with Crippen molar-refractivity contribution in [1.29, 1.82) is 0 Å². The van der Waals surface area contributed by atoms with E-state index in [2.05, 4.69) is 27.8 Å². The summed E-state index contributed by atoms with van der Waals surface area (Å²) in [6, 6.07) is 18.6. The molecule has 3 aromatic rings. The smallest absolute Gasteiger partial charge is 0.338 e. The van der Waals surface area contributed by atoms with Gasteiger partial charge in [-0.2, -0.15) is 0 Å². The van der Waals surface area contributed by atoms with Crippen molar-refractivity contribution in [3.05, 3.63) is 94.4 Å². The maximum Gasteiger partial charge on any atom is 0.338 e. The summed E-state index contributed by atoms with van der Waals surface area (Å²) in [5, 5.41) is 6.39. The van der Waals surface area contributed by atoms with E-state index in [9.17, 15) is 9.59 Å². The number of imidazole rings is 1. The highest BCUT2D eigenvalue weighted by molar-refractivity contribution is 7.99. The third-order valence-electron chi connectivity index (χ3n) is 5.31. The van der Waals surface area contributed by atoms with Gasteiger partial charge in [-0.1, -0.05) is 72.4 Å². The maximum absolute atomic E-state index is 12.9.